The van der Waals surface area contributed by atoms with Gasteiger partial charge >= 0.3 is 0 Å². The second-order valence-corrected chi connectivity index (χ2v) is 11.3. The van der Waals surface area contributed by atoms with Gasteiger partial charge < -0.3 is 10.1 Å². The first-order chi connectivity index (χ1) is 17.4. The van der Waals surface area contributed by atoms with E-state index in [0.717, 1.165) is 25.9 Å². The first-order valence-corrected chi connectivity index (χ1v) is 13.2. The molecule has 1 amide bonds. The molecule has 5 rings (SSSR count). The van der Waals surface area contributed by atoms with Crippen LogP contribution in [0.25, 0.3) is 10.2 Å². The van der Waals surface area contributed by atoms with Crippen molar-refractivity contribution >= 4 is 44.9 Å². The number of anilines is 1. The van der Waals surface area contributed by atoms with Crippen molar-refractivity contribution in [2.45, 2.75) is 36.1 Å². The lowest BCUT2D eigenvalue weighted by Gasteiger charge is -2.24. The van der Waals surface area contributed by atoms with E-state index in [1.54, 1.807) is 30.2 Å². The number of benzene rings is 3. The number of nitrogens with zero attached hydrogens (tertiary/aromatic N) is 2. The van der Waals surface area contributed by atoms with Crippen LogP contribution in [-0.4, -0.2) is 40.7 Å². The van der Waals surface area contributed by atoms with Gasteiger partial charge in [0.15, 0.2) is 0 Å². The maximum absolute atomic E-state index is 14.5. The first-order valence-electron chi connectivity index (χ1n) is 11.6. The molecule has 2 heterocycles. The number of aromatic nitrogens is 1. The summed E-state index contributed by atoms with van der Waals surface area (Å²) in [6.45, 7) is 2.48. The highest BCUT2D eigenvalue weighted by Crippen LogP contribution is 2.35. The molecule has 1 aliphatic heterocycles. The Labute approximate surface area is 216 Å². The number of aryl methyl sites for hydroxylation is 1. The van der Waals surface area contributed by atoms with Gasteiger partial charge in [-0.15, -0.1) is 23.1 Å². The molecule has 1 N–H and O–H groups in total. The van der Waals surface area contributed by atoms with E-state index in [-0.39, 0.29) is 23.3 Å². The topological polar surface area (TPSA) is 54.5 Å². The molecule has 1 aliphatic rings. The van der Waals surface area contributed by atoms with Gasteiger partial charge in [-0.2, -0.15) is 0 Å². The van der Waals surface area contributed by atoms with Crippen LogP contribution in [0, 0.1) is 18.6 Å². The molecule has 5 nitrogen and oxygen atoms in total. The fourth-order valence-electron chi connectivity index (χ4n) is 4.47. The molecule has 0 spiro atoms. The summed E-state index contributed by atoms with van der Waals surface area (Å²) in [6.07, 6.45) is 0.552. The molecule has 0 aliphatic carbocycles. The molecular weight excluding hydrogens is 500 g/mol. The second-order valence-electron chi connectivity index (χ2n) is 8.70. The molecule has 0 radical (unpaired) electrons. The number of amides is 1. The minimum absolute atomic E-state index is 0.0145. The van der Waals surface area contributed by atoms with E-state index < -0.39 is 17.7 Å². The van der Waals surface area contributed by atoms with Crippen LogP contribution in [-0.2, 0) is 11.3 Å². The Kier molecular flexibility index (Phi) is 7.22. The predicted molar refractivity (Wildman–Crippen MR) is 141 cm³/mol. The number of thioether (sulfide) groups is 1. The third-order valence-electron chi connectivity index (χ3n) is 6.21. The molecule has 1 fully saturated rings. The zero-order valence-corrected chi connectivity index (χ0v) is 21.5. The Morgan fingerprint density at radius 3 is 2.64 bits per heavy atom. The summed E-state index contributed by atoms with van der Waals surface area (Å²) < 4.78 is 35.2. The maximum Gasteiger partial charge on any atom is 0.241 e. The van der Waals surface area contributed by atoms with Gasteiger partial charge in [-0.1, -0.05) is 6.07 Å². The molecule has 186 valence electrons. The van der Waals surface area contributed by atoms with E-state index in [0.29, 0.717) is 18.7 Å². The number of likely N-dealkylation sites (tertiary alicyclic amines) is 1. The Morgan fingerprint density at radius 2 is 1.92 bits per heavy atom. The molecule has 4 aromatic rings. The largest absolute Gasteiger partial charge is 0.497 e. The number of fused-ring (bicyclic) bond motifs is 1. The van der Waals surface area contributed by atoms with Gasteiger partial charge in [-0.05, 0) is 67.9 Å². The molecule has 1 saturated heterocycles. The Morgan fingerprint density at radius 1 is 1.17 bits per heavy atom. The van der Waals surface area contributed by atoms with Gasteiger partial charge in [0.05, 0.1) is 28.4 Å². The van der Waals surface area contributed by atoms with Crippen molar-refractivity contribution in [2.75, 3.05) is 19.0 Å². The van der Waals surface area contributed by atoms with Gasteiger partial charge in [0.25, 0.3) is 0 Å². The van der Waals surface area contributed by atoms with Crippen LogP contribution in [0.1, 0.15) is 17.0 Å². The van der Waals surface area contributed by atoms with Crippen molar-refractivity contribution in [3.05, 3.63) is 82.9 Å². The summed E-state index contributed by atoms with van der Waals surface area (Å²) in [5.41, 5.74) is 1.46. The Bertz CT molecular complexity index is 1370. The molecular formula is C27H25F2N3O2S2. The lowest BCUT2D eigenvalue weighted by molar-refractivity contribution is -0.120. The third kappa shape index (κ3) is 5.38. The lowest BCUT2D eigenvalue weighted by Crippen LogP contribution is -2.39. The minimum atomic E-state index is -0.607. The molecule has 0 bridgehead atoms. The van der Waals surface area contributed by atoms with Gasteiger partial charge in [0.2, 0.25) is 5.91 Å². The van der Waals surface area contributed by atoms with E-state index in [9.17, 15) is 13.6 Å². The fourth-order valence-corrected chi connectivity index (χ4v) is 6.50. The summed E-state index contributed by atoms with van der Waals surface area (Å²) >= 11 is 3.25. The minimum Gasteiger partial charge on any atom is -0.497 e. The Hall–Kier alpha value is -3.01. The number of ether oxygens (including phenoxy) is 1. The summed E-state index contributed by atoms with van der Waals surface area (Å²) in [5.74, 6) is -0.641. The quantitative estimate of drug-likeness (QED) is 0.308. The molecule has 2 atom stereocenters. The molecule has 0 unspecified atom stereocenters. The van der Waals surface area contributed by atoms with E-state index >= 15 is 0 Å². The fraction of sp³-hybridized carbons (Fsp3) is 0.259. The summed E-state index contributed by atoms with van der Waals surface area (Å²) in [5, 5.41) is 4.04. The number of rotatable bonds is 7. The zero-order valence-electron chi connectivity index (χ0n) is 19.8. The van der Waals surface area contributed by atoms with Crippen LogP contribution >= 0.6 is 23.1 Å². The van der Waals surface area contributed by atoms with Gasteiger partial charge in [-0.25, -0.2) is 13.8 Å². The number of thiazole rings is 1. The monoisotopic (exact) mass is 525 g/mol. The average Bonchev–Trinajstić information content (AvgIpc) is 3.43. The standard InChI is InChI=1S/C27H25F2N3O2S2/c1-16-30-24-12-17(6-11-26(24)35-16)31-27(33)25-13-20(36-19-9-7-18(34-2)8-10-19)14-32(25)15-21-22(28)4-3-5-23(21)29/h3-12,20,25H,13-15H2,1-2H3,(H,31,33)/t20-,25-/m0/s1. The van der Waals surface area contributed by atoms with Crippen molar-refractivity contribution < 1.29 is 18.3 Å². The second kappa shape index (κ2) is 10.5. The van der Waals surface area contributed by atoms with E-state index in [1.165, 1.54) is 18.2 Å². The SMILES string of the molecule is COc1ccc(S[C@H]2C[C@@H](C(=O)Nc3ccc4sc(C)nc4c3)N(Cc3c(F)cccc3F)C2)cc1. The van der Waals surface area contributed by atoms with Crippen molar-refractivity contribution in [1.29, 1.82) is 0 Å². The van der Waals surface area contributed by atoms with Crippen LogP contribution in [0.4, 0.5) is 14.5 Å². The average molecular weight is 526 g/mol. The van der Waals surface area contributed by atoms with Crippen LogP contribution in [0.3, 0.4) is 0 Å². The highest BCUT2D eigenvalue weighted by atomic mass is 32.2. The van der Waals surface area contributed by atoms with Crippen molar-refractivity contribution in [1.82, 2.24) is 9.88 Å². The summed E-state index contributed by atoms with van der Waals surface area (Å²) in [4.78, 5) is 20.8. The number of nitrogens with one attached hydrogen (secondary N) is 1. The van der Waals surface area contributed by atoms with Crippen LogP contribution < -0.4 is 10.1 Å². The van der Waals surface area contributed by atoms with Crippen LogP contribution in [0.2, 0.25) is 0 Å². The number of hydrogen-bond donors (Lipinski definition) is 1. The van der Waals surface area contributed by atoms with Crippen LogP contribution in [0.5, 0.6) is 5.75 Å². The highest BCUT2D eigenvalue weighted by Gasteiger charge is 2.38. The molecule has 3 aromatic carbocycles. The van der Waals surface area contributed by atoms with E-state index in [4.69, 9.17) is 4.74 Å². The summed E-state index contributed by atoms with van der Waals surface area (Å²) in [7, 11) is 1.62. The number of halogens is 2. The van der Waals surface area contributed by atoms with Crippen molar-refractivity contribution in [3.63, 3.8) is 0 Å². The first kappa shape index (κ1) is 24.7. The molecule has 9 heteroatoms. The molecule has 1 aromatic heterocycles. The third-order valence-corrected chi connectivity index (χ3v) is 8.39. The van der Waals surface area contributed by atoms with Gasteiger partial charge in [-0.3, -0.25) is 9.69 Å². The normalized spacial score (nSPS) is 18.0. The maximum atomic E-state index is 14.5. The number of hydrogen-bond acceptors (Lipinski definition) is 6. The van der Waals surface area contributed by atoms with E-state index in [1.807, 2.05) is 54.3 Å². The molecule has 0 saturated carbocycles. The number of carbonyl (C=O) groups excluding carboxylic acids is 1. The predicted octanol–water partition coefficient (Wildman–Crippen LogP) is 6.27. The number of methoxy groups -OCH3 is 1. The van der Waals surface area contributed by atoms with Gasteiger partial charge in [0.1, 0.15) is 17.4 Å². The zero-order chi connectivity index (χ0) is 25.2. The molecule has 36 heavy (non-hydrogen) atoms. The Balaban J connectivity index is 1.36. The van der Waals surface area contributed by atoms with Crippen molar-refractivity contribution in [2.24, 2.45) is 0 Å². The highest BCUT2D eigenvalue weighted by molar-refractivity contribution is 8.00. The lowest BCUT2D eigenvalue weighted by atomic mass is 10.1. The summed E-state index contributed by atoms with van der Waals surface area (Å²) in [6, 6.07) is 16.7. The smallest absolute Gasteiger partial charge is 0.241 e. The van der Waals surface area contributed by atoms with Crippen molar-refractivity contribution in [3.8, 4) is 5.75 Å². The number of carbonyl (C=O) groups is 1. The van der Waals surface area contributed by atoms with E-state index in [2.05, 4.69) is 10.3 Å². The van der Waals surface area contributed by atoms with Gasteiger partial charge in [0, 0.05) is 34.5 Å². The van der Waals surface area contributed by atoms with Crippen LogP contribution in [0.15, 0.2) is 65.6 Å².